The number of nitrogens with zero attached hydrogens (tertiary/aromatic N) is 3. The average molecular weight is 223 g/mol. The van der Waals surface area contributed by atoms with Gasteiger partial charge in [-0.25, -0.2) is 9.97 Å². The van der Waals surface area contributed by atoms with E-state index in [1.165, 1.54) is 12.8 Å². The molecule has 1 atom stereocenters. The van der Waals surface area contributed by atoms with E-state index < -0.39 is 0 Å². The van der Waals surface area contributed by atoms with E-state index in [4.69, 9.17) is 0 Å². The Balaban J connectivity index is 2.13. The molecular weight excluding hydrogens is 206 g/mol. The lowest BCUT2D eigenvalue weighted by atomic mass is 10.0. The van der Waals surface area contributed by atoms with Gasteiger partial charge in [0.2, 0.25) is 0 Å². The highest BCUT2D eigenvalue weighted by Crippen LogP contribution is 2.22. The van der Waals surface area contributed by atoms with Gasteiger partial charge in [0.05, 0.1) is 0 Å². The van der Waals surface area contributed by atoms with E-state index in [1.54, 1.807) is 11.8 Å². The largest absolute Gasteiger partial charge is 0.356 e. The van der Waals surface area contributed by atoms with Crippen molar-refractivity contribution >= 4 is 17.6 Å². The maximum atomic E-state index is 4.53. The molecule has 1 fully saturated rings. The molecule has 1 aromatic heterocycles. The predicted molar refractivity (Wildman–Crippen MR) is 64.4 cm³/mol. The molecule has 0 aromatic carbocycles. The Bertz CT molecular complexity index is 329. The SMILES string of the molecule is CSc1nccc(N2CCCC(C)C2)n1. The maximum Gasteiger partial charge on any atom is 0.189 e. The number of piperidine rings is 1. The molecule has 0 aliphatic carbocycles. The second-order valence-corrected chi connectivity index (χ2v) is 4.87. The summed E-state index contributed by atoms with van der Waals surface area (Å²) in [6, 6.07) is 2.01. The van der Waals surface area contributed by atoms with E-state index in [-0.39, 0.29) is 0 Å². The molecule has 2 rings (SSSR count). The third kappa shape index (κ3) is 2.62. The van der Waals surface area contributed by atoms with Crippen molar-refractivity contribution in [2.75, 3.05) is 24.2 Å². The van der Waals surface area contributed by atoms with Crippen molar-refractivity contribution in [3.05, 3.63) is 12.3 Å². The van der Waals surface area contributed by atoms with Crippen LogP contribution in [0.15, 0.2) is 17.4 Å². The summed E-state index contributed by atoms with van der Waals surface area (Å²) in [6.45, 7) is 4.57. The molecule has 1 unspecified atom stereocenters. The summed E-state index contributed by atoms with van der Waals surface area (Å²) < 4.78 is 0. The minimum absolute atomic E-state index is 0.784. The van der Waals surface area contributed by atoms with Crippen molar-refractivity contribution in [1.29, 1.82) is 0 Å². The number of hydrogen-bond donors (Lipinski definition) is 0. The van der Waals surface area contributed by atoms with Crippen molar-refractivity contribution in [3.8, 4) is 0 Å². The molecule has 1 aliphatic heterocycles. The molecule has 4 heteroatoms. The van der Waals surface area contributed by atoms with Crippen molar-refractivity contribution in [1.82, 2.24) is 9.97 Å². The number of rotatable bonds is 2. The van der Waals surface area contributed by atoms with Crippen LogP contribution in [0.2, 0.25) is 0 Å². The molecular formula is C11H17N3S. The van der Waals surface area contributed by atoms with Gasteiger partial charge in [0.1, 0.15) is 5.82 Å². The molecule has 1 aliphatic rings. The van der Waals surface area contributed by atoms with E-state index in [0.29, 0.717) is 0 Å². The quantitative estimate of drug-likeness (QED) is 0.569. The second kappa shape index (κ2) is 4.84. The molecule has 2 heterocycles. The Labute approximate surface area is 95.3 Å². The van der Waals surface area contributed by atoms with E-state index in [9.17, 15) is 0 Å². The van der Waals surface area contributed by atoms with Crippen LogP contribution in [0, 0.1) is 5.92 Å². The van der Waals surface area contributed by atoms with Gasteiger partial charge in [-0.15, -0.1) is 0 Å². The Morgan fingerprint density at radius 2 is 2.40 bits per heavy atom. The third-order valence-electron chi connectivity index (χ3n) is 2.78. The van der Waals surface area contributed by atoms with E-state index in [0.717, 1.165) is 30.0 Å². The number of hydrogen-bond acceptors (Lipinski definition) is 4. The Kier molecular flexibility index (Phi) is 3.46. The fourth-order valence-electron chi connectivity index (χ4n) is 2.00. The van der Waals surface area contributed by atoms with E-state index in [2.05, 4.69) is 21.8 Å². The van der Waals surface area contributed by atoms with Gasteiger partial charge in [0.15, 0.2) is 5.16 Å². The normalized spacial score (nSPS) is 21.7. The highest BCUT2D eigenvalue weighted by atomic mass is 32.2. The zero-order valence-corrected chi connectivity index (χ0v) is 10.1. The summed E-state index contributed by atoms with van der Waals surface area (Å²) in [5.74, 6) is 1.87. The van der Waals surface area contributed by atoms with E-state index in [1.807, 2.05) is 18.5 Å². The topological polar surface area (TPSA) is 29.0 Å². The highest BCUT2D eigenvalue weighted by Gasteiger charge is 2.17. The zero-order valence-electron chi connectivity index (χ0n) is 9.31. The van der Waals surface area contributed by atoms with Crippen molar-refractivity contribution in [2.45, 2.75) is 24.9 Å². The molecule has 0 amide bonds. The summed E-state index contributed by atoms with van der Waals surface area (Å²) in [4.78, 5) is 11.1. The molecule has 82 valence electrons. The highest BCUT2D eigenvalue weighted by molar-refractivity contribution is 7.98. The first-order valence-electron chi connectivity index (χ1n) is 5.41. The minimum Gasteiger partial charge on any atom is -0.356 e. The molecule has 1 aromatic rings. The van der Waals surface area contributed by atoms with Crippen LogP contribution in [0.25, 0.3) is 0 Å². The van der Waals surface area contributed by atoms with Gasteiger partial charge in [-0.05, 0) is 31.1 Å². The van der Waals surface area contributed by atoms with Crippen LogP contribution < -0.4 is 4.90 Å². The van der Waals surface area contributed by atoms with Gasteiger partial charge in [-0.3, -0.25) is 0 Å². The zero-order chi connectivity index (χ0) is 10.7. The second-order valence-electron chi connectivity index (χ2n) is 4.09. The maximum absolute atomic E-state index is 4.53. The molecule has 15 heavy (non-hydrogen) atoms. The van der Waals surface area contributed by atoms with Crippen molar-refractivity contribution < 1.29 is 0 Å². The predicted octanol–water partition coefficient (Wildman–Crippen LogP) is 2.43. The van der Waals surface area contributed by atoms with Crippen LogP contribution in [0.5, 0.6) is 0 Å². The van der Waals surface area contributed by atoms with E-state index >= 15 is 0 Å². The first kappa shape index (κ1) is 10.7. The van der Waals surface area contributed by atoms with Crippen LogP contribution in [-0.4, -0.2) is 29.3 Å². The first-order valence-corrected chi connectivity index (χ1v) is 6.64. The summed E-state index contributed by atoms with van der Waals surface area (Å²) in [7, 11) is 0. The third-order valence-corrected chi connectivity index (χ3v) is 3.34. The van der Waals surface area contributed by atoms with Gasteiger partial charge >= 0.3 is 0 Å². The lowest BCUT2D eigenvalue weighted by Gasteiger charge is -2.31. The van der Waals surface area contributed by atoms with Crippen LogP contribution in [0.1, 0.15) is 19.8 Å². The molecule has 0 bridgehead atoms. The summed E-state index contributed by atoms with van der Waals surface area (Å²) in [5.41, 5.74) is 0. The van der Waals surface area contributed by atoms with Gasteiger partial charge in [0, 0.05) is 19.3 Å². The van der Waals surface area contributed by atoms with Crippen molar-refractivity contribution in [3.63, 3.8) is 0 Å². The Morgan fingerprint density at radius 3 is 3.13 bits per heavy atom. The van der Waals surface area contributed by atoms with Gasteiger partial charge < -0.3 is 4.90 Å². The summed E-state index contributed by atoms with van der Waals surface area (Å²) in [6.07, 6.45) is 6.49. The summed E-state index contributed by atoms with van der Waals surface area (Å²) >= 11 is 1.60. The Morgan fingerprint density at radius 1 is 1.53 bits per heavy atom. The lowest BCUT2D eigenvalue weighted by Crippen LogP contribution is -2.34. The fraction of sp³-hybridized carbons (Fsp3) is 0.636. The monoisotopic (exact) mass is 223 g/mol. The van der Waals surface area contributed by atoms with Gasteiger partial charge in [-0.2, -0.15) is 0 Å². The number of thioether (sulfide) groups is 1. The van der Waals surface area contributed by atoms with Crippen LogP contribution >= 0.6 is 11.8 Å². The van der Waals surface area contributed by atoms with Crippen LogP contribution in [0.4, 0.5) is 5.82 Å². The van der Waals surface area contributed by atoms with Gasteiger partial charge in [-0.1, -0.05) is 18.7 Å². The lowest BCUT2D eigenvalue weighted by molar-refractivity contribution is 0.444. The smallest absolute Gasteiger partial charge is 0.189 e. The van der Waals surface area contributed by atoms with Crippen LogP contribution in [-0.2, 0) is 0 Å². The Hall–Kier alpha value is -0.770. The van der Waals surface area contributed by atoms with Gasteiger partial charge in [0.25, 0.3) is 0 Å². The number of anilines is 1. The summed E-state index contributed by atoms with van der Waals surface area (Å²) in [5, 5.41) is 0.866. The molecule has 0 N–H and O–H groups in total. The van der Waals surface area contributed by atoms with Crippen molar-refractivity contribution in [2.24, 2.45) is 5.92 Å². The molecule has 0 radical (unpaired) electrons. The molecule has 3 nitrogen and oxygen atoms in total. The average Bonchev–Trinajstić information content (AvgIpc) is 2.29. The fourth-order valence-corrected chi connectivity index (χ4v) is 2.35. The van der Waals surface area contributed by atoms with Crippen LogP contribution in [0.3, 0.4) is 0 Å². The molecule has 0 spiro atoms. The standard InChI is InChI=1S/C11H17N3S/c1-9-4-3-7-14(8-9)10-5-6-12-11(13-10)15-2/h5-6,9H,3-4,7-8H2,1-2H3. The minimum atomic E-state index is 0.784. The molecule has 0 saturated carbocycles. The first-order chi connectivity index (χ1) is 7.29. The molecule has 1 saturated heterocycles. The number of aromatic nitrogens is 2.